The number of nitrogens with one attached hydrogen (secondary N) is 1. The summed E-state index contributed by atoms with van der Waals surface area (Å²) >= 11 is 0. The van der Waals surface area contributed by atoms with Gasteiger partial charge in [-0.3, -0.25) is 9.59 Å². The highest BCUT2D eigenvalue weighted by Crippen LogP contribution is 2.08. The van der Waals surface area contributed by atoms with Crippen molar-refractivity contribution in [1.82, 2.24) is 15.1 Å². The molecule has 166 valence electrons. The van der Waals surface area contributed by atoms with E-state index in [1.807, 2.05) is 49.4 Å². The summed E-state index contributed by atoms with van der Waals surface area (Å²) in [6.07, 6.45) is -1.02. The molecule has 1 aromatic heterocycles. The predicted molar refractivity (Wildman–Crippen MR) is 118 cm³/mol. The second kappa shape index (κ2) is 10.9. The van der Waals surface area contributed by atoms with E-state index in [4.69, 9.17) is 9.47 Å². The Labute approximate surface area is 185 Å². The van der Waals surface area contributed by atoms with E-state index in [9.17, 15) is 14.4 Å². The normalized spacial score (nSPS) is 11.4. The van der Waals surface area contributed by atoms with Gasteiger partial charge >= 0.3 is 5.97 Å². The minimum absolute atomic E-state index is 0.0671. The molecule has 1 atom stereocenters. The highest BCUT2D eigenvalue weighted by molar-refractivity contribution is 5.90. The molecule has 1 N–H and O–H groups in total. The van der Waals surface area contributed by atoms with Gasteiger partial charge in [0.25, 0.3) is 11.5 Å². The van der Waals surface area contributed by atoms with E-state index in [2.05, 4.69) is 10.4 Å². The maximum Gasteiger partial charge on any atom is 0.359 e. The van der Waals surface area contributed by atoms with Crippen molar-refractivity contribution in [3.8, 4) is 5.75 Å². The molecule has 0 saturated heterocycles. The fourth-order valence-electron chi connectivity index (χ4n) is 2.80. The number of benzene rings is 2. The number of carbonyl (C=O) groups is 2. The van der Waals surface area contributed by atoms with E-state index < -0.39 is 18.0 Å². The number of hydrogen-bond acceptors (Lipinski definition) is 6. The Morgan fingerprint density at radius 2 is 1.75 bits per heavy atom. The second-order valence-electron chi connectivity index (χ2n) is 7.19. The summed E-state index contributed by atoms with van der Waals surface area (Å²) in [5, 5.41) is 6.77. The number of amides is 1. The predicted octanol–water partition coefficient (Wildman–Crippen LogP) is 2.49. The Kier molecular flexibility index (Phi) is 7.75. The van der Waals surface area contributed by atoms with Crippen molar-refractivity contribution in [2.24, 2.45) is 0 Å². The Balaban J connectivity index is 1.53. The standard InChI is InChI=1S/C24H25N3O5/c1-17-8-10-19(11-9-17)16-25-23(29)18(2)32-24(30)21-12-13-22(28)27(26-21)14-15-31-20-6-4-3-5-7-20/h3-13,18H,14-16H2,1-2H3,(H,25,29). The van der Waals surface area contributed by atoms with Gasteiger partial charge in [-0.15, -0.1) is 0 Å². The smallest absolute Gasteiger partial charge is 0.359 e. The van der Waals surface area contributed by atoms with Crippen LogP contribution in [-0.4, -0.2) is 34.4 Å². The Morgan fingerprint density at radius 1 is 1.03 bits per heavy atom. The Bertz CT molecular complexity index is 1110. The van der Waals surface area contributed by atoms with Crippen molar-refractivity contribution in [1.29, 1.82) is 0 Å². The summed E-state index contributed by atoms with van der Waals surface area (Å²) in [7, 11) is 0. The first kappa shape index (κ1) is 22.7. The third kappa shape index (κ3) is 6.53. The Morgan fingerprint density at radius 3 is 2.47 bits per heavy atom. The van der Waals surface area contributed by atoms with Gasteiger partial charge in [0.2, 0.25) is 0 Å². The van der Waals surface area contributed by atoms with E-state index in [0.29, 0.717) is 12.3 Å². The first-order valence-electron chi connectivity index (χ1n) is 10.2. The van der Waals surface area contributed by atoms with Gasteiger partial charge in [0, 0.05) is 12.6 Å². The van der Waals surface area contributed by atoms with Crippen LogP contribution in [0, 0.1) is 6.92 Å². The number of aryl methyl sites for hydroxylation is 1. The number of para-hydroxylation sites is 1. The molecule has 0 bridgehead atoms. The summed E-state index contributed by atoms with van der Waals surface area (Å²) in [5.74, 6) is -0.550. The SMILES string of the molecule is Cc1ccc(CNC(=O)C(C)OC(=O)c2ccc(=O)n(CCOc3ccccc3)n2)cc1. The van der Waals surface area contributed by atoms with Gasteiger partial charge < -0.3 is 14.8 Å². The maximum absolute atomic E-state index is 12.4. The molecule has 1 unspecified atom stereocenters. The molecular formula is C24H25N3O5. The number of ether oxygens (including phenoxy) is 2. The molecule has 2 aromatic carbocycles. The van der Waals surface area contributed by atoms with Crippen LogP contribution in [-0.2, 0) is 22.6 Å². The van der Waals surface area contributed by atoms with Crippen LogP contribution >= 0.6 is 0 Å². The molecule has 3 aromatic rings. The molecule has 8 heteroatoms. The van der Waals surface area contributed by atoms with Gasteiger partial charge in [0.1, 0.15) is 12.4 Å². The van der Waals surface area contributed by atoms with Gasteiger partial charge in [-0.1, -0.05) is 48.0 Å². The molecule has 32 heavy (non-hydrogen) atoms. The van der Waals surface area contributed by atoms with Crippen molar-refractivity contribution in [3.63, 3.8) is 0 Å². The van der Waals surface area contributed by atoms with Crippen LogP contribution in [0.5, 0.6) is 5.75 Å². The molecule has 0 aliphatic rings. The van der Waals surface area contributed by atoms with Crippen LogP contribution in [0.4, 0.5) is 0 Å². The summed E-state index contributed by atoms with van der Waals surface area (Å²) in [5.41, 5.74) is 1.63. The zero-order chi connectivity index (χ0) is 22.9. The van der Waals surface area contributed by atoms with E-state index in [-0.39, 0.29) is 24.4 Å². The van der Waals surface area contributed by atoms with Gasteiger partial charge in [-0.25, -0.2) is 9.48 Å². The van der Waals surface area contributed by atoms with Gasteiger partial charge in [0.05, 0.1) is 6.54 Å². The van der Waals surface area contributed by atoms with Crippen LogP contribution in [0.3, 0.4) is 0 Å². The molecule has 0 radical (unpaired) electrons. The van der Waals surface area contributed by atoms with Gasteiger partial charge in [-0.2, -0.15) is 5.10 Å². The number of hydrogen-bond donors (Lipinski definition) is 1. The van der Waals surface area contributed by atoms with Crippen molar-refractivity contribution < 1.29 is 19.1 Å². The first-order valence-corrected chi connectivity index (χ1v) is 10.2. The third-order valence-corrected chi connectivity index (χ3v) is 4.63. The Hall–Kier alpha value is -3.94. The lowest BCUT2D eigenvalue weighted by molar-refractivity contribution is -0.129. The van der Waals surface area contributed by atoms with Crippen LogP contribution in [0.1, 0.15) is 28.5 Å². The average molecular weight is 435 g/mol. The fraction of sp³-hybridized carbons (Fsp3) is 0.250. The summed E-state index contributed by atoms with van der Waals surface area (Å²) in [4.78, 5) is 36.7. The van der Waals surface area contributed by atoms with E-state index >= 15 is 0 Å². The lowest BCUT2D eigenvalue weighted by Gasteiger charge is -2.14. The number of aromatic nitrogens is 2. The molecule has 0 aliphatic carbocycles. The molecule has 1 amide bonds. The van der Waals surface area contributed by atoms with Crippen LogP contribution < -0.4 is 15.6 Å². The molecule has 0 saturated carbocycles. The van der Waals surface area contributed by atoms with Crippen molar-refractivity contribution in [2.45, 2.75) is 33.0 Å². The van der Waals surface area contributed by atoms with Gasteiger partial charge in [0.15, 0.2) is 11.8 Å². The summed E-state index contributed by atoms with van der Waals surface area (Å²) in [6, 6.07) is 19.4. The molecule has 0 aliphatic heterocycles. The van der Waals surface area contributed by atoms with Crippen molar-refractivity contribution in [2.75, 3.05) is 6.61 Å². The molecule has 8 nitrogen and oxygen atoms in total. The van der Waals surface area contributed by atoms with Crippen LogP contribution in [0.2, 0.25) is 0 Å². The zero-order valence-electron chi connectivity index (χ0n) is 18.0. The highest BCUT2D eigenvalue weighted by Gasteiger charge is 2.20. The maximum atomic E-state index is 12.4. The minimum atomic E-state index is -1.02. The number of rotatable bonds is 9. The molecule has 1 heterocycles. The number of esters is 1. The quantitative estimate of drug-likeness (QED) is 0.519. The third-order valence-electron chi connectivity index (χ3n) is 4.63. The van der Waals surface area contributed by atoms with Crippen LogP contribution in [0.15, 0.2) is 71.5 Å². The van der Waals surface area contributed by atoms with E-state index in [1.54, 1.807) is 12.1 Å². The lowest BCUT2D eigenvalue weighted by Crippen LogP contribution is -2.36. The monoisotopic (exact) mass is 435 g/mol. The number of carbonyl (C=O) groups excluding carboxylic acids is 2. The summed E-state index contributed by atoms with van der Waals surface area (Å²) < 4.78 is 11.9. The first-order chi connectivity index (χ1) is 15.4. The average Bonchev–Trinajstić information content (AvgIpc) is 2.80. The van der Waals surface area contributed by atoms with E-state index in [0.717, 1.165) is 15.8 Å². The van der Waals surface area contributed by atoms with Gasteiger partial charge in [-0.05, 0) is 37.6 Å². The fourth-order valence-corrected chi connectivity index (χ4v) is 2.80. The largest absolute Gasteiger partial charge is 0.492 e. The molecule has 0 fully saturated rings. The minimum Gasteiger partial charge on any atom is -0.492 e. The second-order valence-corrected chi connectivity index (χ2v) is 7.19. The van der Waals surface area contributed by atoms with Crippen molar-refractivity contribution >= 4 is 11.9 Å². The topological polar surface area (TPSA) is 99.5 Å². The molecule has 0 spiro atoms. The van der Waals surface area contributed by atoms with Crippen molar-refractivity contribution in [3.05, 3.63) is 93.9 Å². The number of nitrogens with zero attached hydrogens (tertiary/aromatic N) is 2. The molecule has 3 rings (SSSR count). The molecular weight excluding hydrogens is 410 g/mol. The van der Waals surface area contributed by atoms with Crippen LogP contribution in [0.25, 0.3) is 0 Å². The summed E-state index contributed by atoms with van der Waals surface area (Å²) in [6.45, 7) is 4.14. The van der Waals surface area contributed by atoms with E-state index in [1.165, 1.54) is 19.1 Å². The zero-order valence-corrected chi connectivity index (χ0v) is 18.0. The highest BCUT2D eigenvalue weighted by atomic mass is 16.5. The lowest BCUT2D eigenvalue weighted by atomic mass is 10.1.